The second-order valence-electron chi connectivity index (χ2n) is 8.75. The summed E-state index contributed by atoms with van der Waals surface area (Å²) >= 11 is 0. The summed E-state index contributed by atoms with van der Waals surface area (Å²) in [6.07, 6.45) is 5.02. The molecule has 1 aromatic rings. The minimum Gasteiger partial charge on any atom is -0.300 e. The SMILES string of the molecule is CC.Cc1cc(C)c(S(=O)N2CCC(N3CCC(C(C)C)CC3)CC2)c(C)c1. The number of rotatable bonds is 4. The molecule has 3 nitrogen and oxygen atoms in total. The predicted octanol–water partition coefficient (Wildman–Crippen LogP) is 5.49. The van der Waals surface area contributed by atoms with Gasteiger partial charge < -0.3 is 4.90 Å². The first-order chi connectivity index (χ1) is 13.4. The molecule has 0 N–H and O–H groups in total. The van der Waals surface area contributed by atoms with E-state index >= 15 is 0 Å². The molecule has 2 aliphatic heterocycles. The standard InChI is InChI=1S/C22H36N2OS.C2H6/c1-16(2)20-6-10-23(11-7-20)21-8-12-24(13-9-21)26(25)22-18(4)14-17(3)15-19(22)5;1-2/h14-16,20-21H,6-13H2,1-5H3;1-2H3. The first-order valence-electron chi connectivity index (χ1n) is 11.4. The first kappa shape index (κ1) is 23.6. The van der Waals surface area contributed by atoms with Gasteiger partial charge in [-0.2, -0.15) is 0 Å². The summed E-state index contributed by atoms with van der Waals surface area (Å²) in [5.41, 5.74) is 3.58. The molecule has 0 spiro atoms. The van der Waals surface area contributed by atoms with Crippen LogP contribution in [-0.2, 0) is 11.0 Å². The lowest BCUT2D eigenvalue weighted by atomic mass is 9.85. The molecule has 0 bridgehead atoms. The van der Waals surface area contributed by atoms with Crippen molar-refractivity contribution in [1.82, 2.24) is 9.21 Å². The second kappa shape index (κ2) is 10.9. The lowest BCUT2D eigenvalue weighted by Gasteiger charge is -2.42. The Morgan fingerprint density at radius 1 is 0.893 bits per heavy atom. The Balaban J connectivity index is 0.00000136. The second-order valence-corrected chi connectivity index (χ2v) is 10.2. The molecule has 160 valence electrons. The minimum absolute atomic E-state index is 0.691. The zero-order valence-electron chi connectivity index (χ0n) is 19.3. The van der Waals surface area contributed by atoms with Crippen LogP contribution in [0.1, 0.15) is 70.1 Å². The topological polar surface area (TPSA) is 23.6 Å². The van der Waals surface area contributed by atoms with Crippen molar-refractivity contribution in [2.75, 3.05) is 26.2 Å². The molecule has 3 rings (SSSR count). The van der Waals surface area contributed by atoms with Gasteiger partial charge in [-0.25, -0.2) is 8.51 Å². The van der Waals surface area contributed by atoms with E-state index in [1.807, 2.05) is 13.8 Å². The van der Waals surface area contributed by atoms with Gasteiger partial charge in [-0.3, -0.25) is 0 Å². The number of hydrogen-bond acceptors (Lipinski definition) is 2. The van der Waals surface area contributed by atoms with E-state index in [1.165, 1.54) is 42.6 Å². The summed E-state index contributed by atoms with van der Waals surface area (Å²) in [5, 5.41) is 0. The molecule has 2 aliphatic rings. The van der Waals surface area contributed by atoms with Gasteiger partial charge in [0.05, 0.1) is 4.90 Å². The summed E-state index contributed by atoms with van der Waals surface area (Å²) in [6.45, 7) is 19.5. The Kier molecular flexibility index (Phi) is 9.17. The Hall–Kier alpha value is -0.710. The fourth-order valence-corrected chi connectivity index (χ4v) is 6.37. The van der Waals surface area contributed by atoms with Gasteiger partial charge in [-0.1, -0.05) is 45.4 Å². The van der Waals surface area contributed by atoms with Gasteiger partial charge in [-0.15, -0.1) is 0 Å². The maximum Gasteiger partial charge on any atom is 0.128 e. The van der Waals surface area contributed by atoms with E-state index in [4.69, 9.17) is 0 Å². The summed E-state index contributed by atoms with van der Waals surface area (Å²) < 4.78 is 15.4. The number of nitrogens with zero attached hydrogens (tertiary/aromatic N) is 2. The van der Waals surface area contributed by atoms with Crippen LogP contribution in [0.4, 0.5) is 0 Å². The van der Waals surface area contributed by atoms with Crippen molar-refractivity contribution in [3.8, 4) is 0 Å². The lowest BCUT2D eigenvalue weighted by molar-refractivity contribution is 0.0863. The third kappa shape index (κ3) is 5.67. The van der Waals surface area contributed by atoms with Crippen molar-refractivity contribution in [1.29, 1.82) is 0 Å². The molecule has 0 amide bonds. The average Bonchev–Trinajstić information content (AvgIpc) is 2.69. The number of aryl methyl sites for hydroxylation is 3. The van der Waals surface area contributed by atoms with Crippen molar-refractivity contribution in [2.24, 2.45) is 11.8 Å². The Labute approximate surface area is 176 Å². The van der Waals surface area contributed by atoms with Crippen LogP contribution in [0.15, 0.2) is 17.0 Å². The quantitative estimate of drug-likeness (QED) is 0.660. The number of benzene rings is 1. The smallest absolute Gasteiger partial charge is 0.128 e. The van der Waals surface area contributed by atoms with Crippen LogP contribution in [0.5, 0.6) is 0 Å². The van der Waals surface area contributed by atoms with E-state index in [2.05, 4.69) is 56.0 Å². The van der Waals surface area contributed by atoms with Gasteiger partial charge in [0.15, 0.2) is 0 Å². The van der Waals surface area contributed by atoms with Gasteiger partial charge in [0, 0.05) is 19.1 Å². The molecule has 28 heavy (non-hydrogen) atoms. The van der Waals surface area contributed by atoms with Crippen LogP contribution in [0.2, 0.25) is 0 Å². The molecule has 2 fully saturated rings. The van der Waals surface area contributed by atoms with E-state index in [1.54, 1.807) is 0 Å². The van der Waals surface area contributed by atoms with Crippen LogP contribution in [0.25, 0.3) is 0 Å². The lowest BCUT2D eigenvalue weighted by Crippen LogP contribution is -2.48. The highest BCUT2D eigenvalue weighted by atomic mass is 32.2. The summed E-state index contributed by atoms with van der Waals surface area (Å²) in [5.74, 6) is 1.73. The van der Waals surface area contributed by atoms with E-state index in [9.17, 15) is 4.21 Å². The van der Waals surface area contributed by atoms with Crippen LogP contribution >= 0.6 is 0 Å². The monoisotopic (exact) mass is 406 g/mol. The minimum atomic E-state index is -1.02. The number of likely N-dealkylation sites (tertiary alicyclic amines) is 1. The van der Waals surface area contributed by atoms with Crippen LogP contribution < -0.4 is 0 Å². The summed E-state index contributed by atoms with van der Waals surface area (Å²) in [7, 11) is -1.02. The van der Waals surface area contributed by atoms with Crippen molar-refractivity contribution < 1.29 is 4.21 Å². The molecule has 1 aromatic carbocycles. The maximum absolute atomic E-state index is 13.2. The first-order valence-corrected chi connectivity index (χ1v) is 12.5. The Morgan fingerprint density at radius 2 is 1.39 bits per heavy atom. The third-order valence-corrected chi connectivity index (χ3v) is 8.30. The van der Waals surface area contributed by atoms with Crippen LogP contribution in [0.3, 0.4) is 0 Å². The fourth-order valence-electron chi connectivity index (χ4n) is 4.90. The summed E-state index contributed by atoms with van der Waals surface area (Å²) in [4.78, 5) is 3.74. The van der Waals surface area contributed by atoms with E-state index in [0.29, 0.717) is 6.04 Å². The molecule has 1 unspecified atom stereocenters. The van der Waals surface area contributed by atoms with Crippen molar-refractivity contribution in [2.45, 2.75) is 85.1 Å². The summed E-state index contributed by atoms with van der Waals surface area (Å²) in [6, 6.07) is 5.01. The van der Waals surface area contributed by atoms with E-state index in [0.717, 1.165) is 42.7 Å². The van der Waals surface area contributed by atoms with Crippen molar-refractivity contribution in [3.05, 3.63) is 28.8 Å². The highest BCUT2D eigenvalue weighted by Crippen LogP contribution is 2.29. The molecule has 1 atom stereocenters. The molecule has 0 aliphatic carbocycles. The highest BCUT2D eigenvalue weighted by Gasteiger charge is 2.31. The highest BCUT2D eigenvalue weighted by molar-refractivity contribution is 7.82. The molecule has 0 radical (unpaired) electrons. The largest absolute Gasteiger partial charge is 0.300 e. The van der Waals surface area contributed by atoms with E-state index < -0.39 is 11.0 Å². The van der Waals surface area contributed by atoms with Crippen molar-refractivity contribution >= 4 is 11.0 Å². The van der Waals surface area contributed by atoms with Gasteiger partial charge in [0.2, 0.25) is 0 Å². The molecule has 4 heteroatoms. The third-order valence-electron chi connectivity index (χ3n) is 6.47. The van der Waals surface area contributed by atoms with E-state index in [-0.39, 0.29) is 0 Å². The van der Waals surface area contributed by atoms with Crippen molar-refractivity contribution in [3.63, 3.8) is 0 Å². The number of piperidine rings is 2. The van der Waals surface area contributed by atoms with Gasteiger partial charge >= 0.3 is 0 Å². The zero-order valence-corrected chi connectivity index (χ0v) is 20.1. The fraction of sp³-hybridized carbons (Fsp3) is 0.750. The Bertz CT molecular complexity index is 619. The van der Waals surface area contributed by atoms with Gasteiger partial charge in [0.1, 0.15) is 11.0 Å². The average molecular weight is 407 g/mol. The molecular weight excluding hydrogens is 364 g/mol. The van der Waals surface area contributed by atoms with Crippen LogP contribution in [0, 0.1) is 32.6 Å². The van der Waals surface area contributed by atoms with Crippen LogP contribution in [-0.4, -0.2) is 45.6 Å². The maximum atomic E-state index is 13.2. The normalized spacial score (nSPS) is 21.4. The molecule has 2 heterocycles. The van der Waals surface area contributed by atoms with Gasteiger partial charge in [-0.05, 0) is 82.5 Å². The number of hydrogen-bond donors (Lipinski definition) is 0. The zero-order chi connectivity index (χ0) is 20.8. The Morgan fingerprint density at radius 3 is 1.86 bits per heavy atom. The molecule has 0 aromatic heterocycles. The molecular formula is C24H42N2OS. The molecule has 2 saturated heterocycles. The molecule has 0 saturated carbocycles. The predicted molar refractivity (Wildman–Crippen MR) is 122 cm³/mol. The van der Waals surface area contributed by atoms with Gasteiger partial charge in [0.25, 0.3) is 0 Å².